The van der Waals surface area contributed by atoms with E-state index in [4.69, 9.17) is 29.0 Å². The normalized spacial score (nSPS) is 15.2. The maximum absolute atomic E-state index is 12.3. The van der Waals surface area contributed by atoms with Gasteiger partial charge in [-0.25, -0.2) is 13.6 Å². The summed E-state index contributed by atoms with van der Waals surface area (Å²) in [5.74, 6) is -1.72. The minimum absolute atomic E-state index is 0.0109. The Morgan fingerprint density at radius 1 is 1.20 bits per heavy atom. The molecule has 1 aromatic carbocycles. The van der Waals surface area contributed by atoms with Gasteiger partial charge in [-0.05, 0) is 18.6 Å². The van der Waals surface area contributed by atoms with Crippen molar-refractivity contribution in [2.75, 3.05) is 13.1 Å². The zero-order chi connectivity index (χ0) is 18.6. The highest BCUT2D eigenvalue weighted by Crippen LogP contribution is 2.43. The van der Waals surface area contributed by atoms with Crippen molar-refractivity contribution in [3.8, 4) is 17.2 Å². The van der Waals surface area contributed by atoms with Crippen LogP contribution in [0.25, 0.3) is 0 Å². The summed E-state index contributed by atoms with van der Waals surface area (Å²) >= 11 is 0. The summed E-state index contributed by atoms with van der Waals surface area (Å²) in [5, 5.41) is 17.9. The molecule has 10 heteroatoms. The number of halogens is 2. The van der Waals surface area contributed by atoms with Crippen LogP contribution in [0.4, 0.5) is 8.78 Å². The van der Waals surface area contributed by atoms with Gasteiger partial charge >= 0.3 is 13.1 Å². The molecule has 0 unspecified atom stereocenters. The molecular weight excluding hydrogens is 341 g/mol. The van der Waals surface area contributed by atoms with Gasteiger partial charge in [0.1, 0.15) is 17.8 Å². The van der Waals surface area contributed by atoms with Crippen LogP contribution >= 0.6 is 0 Å². The van der Waals surface area contributed by atoms with Crippen LogP contribution in [0.3, 0.4) is 0 Å². The third-order valence-corrected chi connectivity index (χ3v) is 3.19. The number of alkyl halides is 2. The smallest absolute Gasteiger partial charge is 0.491 e. The van der Waals surface area contributed by atoms with Gasteiger partial charge in [0.15, 0.2) is 11.5 Å². The van der Waals surface area contributed by atoms with Crippen molar-refractivity contribution in [1.29, 1.82) is 0 Å². The van der Waals surface area contributed by atoms with E-state index in [2.05, 4.69) is 0 Å². The van der Waals surface area contributed by atoms with E-state index in [-0.39, 0.29) is 42.3 Å². The number of cyclic esters (lactones) is 1. The zero-order valence-corrected chi connectivity index (χ0v) is 13.8. The second-order valence-electron chi connectivity index (χ2n) is 5.83. The van der Waals surface area contributed by atoms with Crippen LogP contribution in [-0.4, -0.2) is 48.5 Å². The van der Waals surface area contributed by atoms with E-state index in [9.17, 15) is 13.6 Å². The van der Waals surface area contributed by atoms with Crippen LogP contribution < -0.4 is 14.2 Å². The van der Waals surface area contributed by atoms with Gasteiger partial charge in [0.05, 0.1) is 6.61 Å². The Bertz CT molecular complexity index is 622. The fourth-order valence-electron chi connectivity index (χ4n) is 2.20. The molecule has 0 saturated carbocycles. The molecule has 25 heavy (non-hydrogen) atoms. The van der Waals surface area contributed by atoms with Gasteiger partial charge in [0, 0.05) is 20.3 Å². The number of carbonyl (C=O) groups is 1. The summed E-state index contributed by atoms with van der Waals surface area (Å²) < 4.78 is 45.7. The van der Waals surface area contributed by atoms with Crippen molar-refractivity contribution >= 4 is 13.1 Å². The summed E-state index contributed by atoms with van der Waals surface area (Å²) in [7, 11) is -1.70. The molecule has 0 bridgehead atoms. The van der Waals surface area contributed by atoms with Gasteiger partial charge in [0.2, 0.25) is 12.2 Å². The summed E-state index contributed by atoms with van der Waals surface area (Å²) in [5.41, 5.74) is -0.0405. The molecule has 0 radical (unpaired) electrons. The average molecular weight is 360 g/mol. The molecule has 1 aliphatic rings. The molecule has 0 aliphatic carbocycles. The van der Waals surface area contributed by atoms with E-state index in [0.29, 0.717) is 0 Å². The fourth-order valence-corrected chi connectivity index (χ4v) is 2.20. The molecule has 2 rings (SSSR count). The number of hydrogen-bond donors (Lipinski definition) is 2. The van der Waals surface area contributed by atoms with Crippen molar-refractivity contribution in [2.45, 2.75) is 38.9 Å². The van der Waals surface area contributed by atoms with Crippen molar-refractivity contribution in [3.05, 3.63) is 17.7 Å². The molecule has 2 N–H and O–H groups in total. The lowest BCUT2D eigenvalue weighted by atomic mass is 9.95. The van der Waals surface area contributed by atoms with Gasteiger partial charge in [-0.2, -0.15) is 0 Å². The SMILES string of the molecule is CC1(C)OC(=O)c2c(OCCCC(F)F)ccc(OCB(O)O)c2O1. The molecule has 1 aromatic rings. The van der Waals surface area contributed by atoms with Crippen LogP contribution in [0.1, 0.15) is 37.0 Å². The monoisotopic (exact) mass is 360 g/mol. The van der Waals surface area contributed by atoms with Crippen LogP contribution in [0.5, 0.6) is 17.2 Å². The predicted molar refractivity (Wildman–Crippen MR) is 83.0 cm³/mol. The lowest BCUT2D eigenvalue weighted by Crippen LogP contribution is -2.39. The highest BCUT2D eigenvalue weighted by molar-refractivity contribution is 6.40. The summed E-state index contributed by atoms with van der Waals surface area (Å²) in [6, 6.07) is 2.83. The highest BCUT2D eigenvalue weighted by atomic mass is 19.3. The first-order valence-corrected chi connectivity index (χ1v) is 7.69. The van der Waals surface area contributed by atoms with Gasteiger partial charge < -0.3 is 29.0 Å². The van der Waals surface area contributed by atoms with Crippen LogP contribution in [-0.2, 0) is 4.74 Å². The van der Waals surface area contributed by atoms with Crippen LogP contribution in [0.15, 0.2) is 12.1 Å². The molecule has 0 fully saturated rings. The average Bonchev–Trinajstić information content (AvgIpc) is 2.48. The molecule has 7 nitrogen and oxygen atoms in total. The molecule has 0 amide bonds. The first kappa shape index (κ1) is 19.3. The van der Waals surface area contributed by atoms with Gasteiger partial charge in [-0.1, -0.05) is 0 Å². The Balaban J connectivity index is 2.26. The molecule has 1 heterocycles. The molecule has 0 atom stereocenters. The number of esters is 1. The highest BCUT2D eigenvalue weighted by Gasteiger charge is 2.38. The maximum Gasteiger partial charge on any atom is 0.491 e. The van der Waals surface area contributed by atoms with Gasteiger partial charge in [0.25, 0.3) is 0 Å². The van der Waals surface area contributed by atoms with Gasteiger partial charge in [-0.15, -0.1) is 0 Å². The second-order valence-corrected chi connectivity index (χ2v) is 5.83. The number of benzene rings is 1. The quantitative estimate of drug-likeness (QED) is 0.415. The Hall–Kier alpha value is -2.07. The van der Waals surface area contributed by atoms with Crippen molar-refractivity contribution in [3.63, 3.8) is 0 Å². The second kappa shape index (κ2) is 7.88. The summed E-state index contributed by atoms with van der Waals surface area (Å²) in [4.78, 5) is 12.3. The minimum Gasteiger partial charge on any atom is -0.493 e. The molecule has 0 aromatic heterocycles. The van der Waals surface area contributed by atoms with E-state index in [1.807, 2.05) is 0 Å². The summed E-state index contributed by atoms with van der Waals surface area (Å²) in [6.07, 6.45) is -2.62. The third kappa shape index (κ3) is 5.20. The summed E-state index contributed by atoms with van der Waals surface area (Å²) in [6.45, 7) is 2.60. The number of fused-ring (bicyclic) bond motifs is 1. The van der Waals surface area contributed by atoms with E-state index < -0.39 is 31.8 Å². The molecule has 1 aliphatic heterocycles. The first-order chi connectivity index (χ1) is 11.7. The van der Waals surface area contributed by atoms with Crippen molar-refractivity contribution in [2.24, 2.45) is 0 Å². The zero-order valence-electron chi connectivity index (χ0n) is 13.8. The Morgan fingerprint density at radius 3 is 2.52 bits per heavy atom. The van der Waals surface area contributed by atoms with Crippen LogP contribution in [0.2, 0.25) is 0 Å². The molecular formula is C15H19BF2O7. The number of rotatable bonds is 8. The largest absolute Gasteiger partial charge is 0.493 e. The first-order valence-electron chi connectivity index (χ1n) is 7.69. The number of carbonyl (C=O) groups excluding carboxylic acids is 1. The van der Waals surface area contributed by atoms with E-state index in [1.54, 1.807) is 0 Å². The Morgan fingerprint density at radius 2 is 1.88 bits per heavy atom. The Labute approximate surface area is 143 Å². The van der Waals surface area contributed by atoms with E-state index >= 15 is 0 Å². The minimum atomic E-state index is -2.42. The topological polar surface area (TPSA) is 94.5 Å². The fraction of sp³-hybridized carbons (Fsp3) is 0.533. The Kier molecular flexibility index (Phi) is 6.07. The maximum atomic E-state index is 12.3. The lowest BCUT2D eigenvalue weighted by molar-refractivity contribution is -0.128. The van der Waals surface area contributed by atoms with Crippen LogP contribution in [0, 0.1) is 0 Å². The standard InChI is InChI=1S/C15H19BF2O7/c1-15(2)24-13-10(23-8-16(20)21)6-5-9(12(13)14(19)25-15)22-7-3-4-11(17)18/h5-6,11,20-21H,3-4,7-8H2,1-2H3. The molecule has 0 spiro atoms. The van der Waals surface area contributed by atoms with E-state index in [0.717, 1.165) is 0 Å². The number of ether oxygens (including phenoxy) is 4. The van der Waals surface area contributed by atoms with Gasteiger partial charge in [-0.3, -0.25) is 0 Å². The van der Waals surface area contributed by atoms with E-state index in [1.165, 1.54) is 26.0 Å². The lowest BCUT2D eigenvalue weighted by Gasteiger charge is -2.33. The van der Waals surface area contributed by atoms with Crippen molar-refractivity contribution in [1.82, 2.24) is 0 Å². The molecule has 138 valence electrons. The number of hydrogen-bond acceptors (Lipinski definition) is 7. The van der Waals surface area contributed by atoms with Crippen molar-refractivity contribution < 1.29 is 42.6 Å². The molecule has 0 saturated heterocycles. The predicted octanol–water partition coefficient (Wildman–Crippen LogP) is 1.79. The third-order valence-electron chi connectivity index (χ3n) is 3.19.